The zero-order chi connectivity index (χ0) is 13.0. The lowest BCUT2D eigenvalue weighted by atomic mass is 9.62. The predicted molar refractivity (Wildman–Crippen MR) is 80.0 cm³/mol. The molecule has 0 aliphatic rings. The maximum Gasteiger partial charge on any atom is -0.0208 e. The minimum Gasteiger partial charge on any atom is -0.122 e. The summed E-state index contributed by atoms with van der Waals surface area (Å²) >= 11 is 0. The molecule has 16 heavy (non-hydrogen) atoms. The number of hydrogen-bond acceptors (Lipinski definition) is 0. The van der Waals surface area contributed by atoms with Crippen LogP contribution < -0.4 is 0 Å². The molecule has 4 atom stereocenters. The fraction of sp³-hybridized carbons (Fsp3) is 1.00. The second kappa shape index (κ2) is 6.39. The second-order valence-electron chi connectivity index (χ2n) is 6.78. The minimum atomic E-state index is 0.414. The van der Waals surface area contributed by atoms with E-state index in [2.05, 4.69) is 55.1 Å². The van der Waals surface area contributed by atoms with Crippen LogP contribution in [0, 0.1) is 16.7 Å². The summed E-state index contributed by atoms with van der Waals surface area (Å²) < 4.78 is 0. The third-order valence-corrected chi connectivity index (χ3v) is 6.16. The molecule has 0 bridgehead atoms. The van der Waals surface area contributed by atoms with Gasteiger partial charge in [-0.2, -0.15) is 0 Å². The zero-order valence-electron chi connectivity index (χ0n) is 12.8. The molecule has 0 aromatic rings. The molecule has 0 aliphatic carbocycles. The SMILES string of the molecule is CCCC(C)CC(C)(C(C)PC)C(C)(C)C. The van der Waals surface area contributed by atoms with Gasteiger partial charge < -0.3 is 0 Å². The van der Waals surface area contributed by atoms with Gasteiger partial charge in [-0.25, -0.2) is 0 Å². The Balaban J connectivity index is 4.81. The molecule has 0 radical (unpaired) electrons. The number of hydrogen-bond donors (Lipinski definition) is 0. The topological polar surface area (TPSA) is 0 Å². The van der Waals surface area contributed by atoms with Crippen LogP contribution in [0.3, 0.4) is 0 Å². The maximum absolute atomic E-state index is 2.51. The Kier molecular flexibility index (Phi) is 6.56. The lowest BCUT2D eigenvalue weighted by molar-refractivity contribution is 0.0758. The van der Waals surface area contributed by atoms with Gasteiger partial charge in [-0.15, -0.1) is 8.58 Å². The van der Waals surface area contributed by atoms with Crippen molar-refractivity contribution in [1.82, 2.24) is 0 Å². The van der Waals surface area contributed by atoms with Gasteiger partial charge in [-0.3, -0.25) is 0 Å². The highest BCUT2D eigenvalue weighted by Crippen LogP contribution is 2.51. The third-order valence-electron chi connectivity index (χ3n) is 4.66. The molecule has 0 spiro atoms. The van der Waals surface area contributed by atoms with Crippen LogP contribution in [0.15, 0.2) is 0 Å². The van der Waals surface area contributed by atoms with E-state index in [9.17, 15) is 0 Å². The van der Waals surface area contributed by atoms with Crippen molar-refractivity contribution < 1.29 is 0 Å². The molecule has 4 unspecified atom stereocenters. The summed E-state index contributed by atoms with van der Waals surface area (Å²) in [6.07, 6.45) is 4.09. The van der Waals surface area contributed by atoms with E-state index in [1.165, 1.54) is 19.3 Å². The summed E-state index contributed by atoms with van der Waals surface area (Å²) in [4.78, 5) is 0. The molecule has 0 nitrogen and oxygen atoms in total. The van der Waals surface area contributed by atoms with E-state index in [0.717, 1.165) is 20.2 Å². The van der Waals surface area contributed by atoms with Gasteiger partial charge in [0.15, 0.2) is 0 Å². The molecule has 0 heterocycles. The molecule has 1 heteroatoms. The third kappa shape index (κ3) is 4.02. The summed E-state index contributed by atoms with van der Waals surface area (Å²) in [5.74, 6) is 0.869. The Labute approximate surface area is 106 Å². The van der Waals surface area contributed by atoms with Crippen molar-refractivity contribution in [3.8, 4) is 0 Å². The zero-order valence-corrected chi connectivity index (χ0v) is 13.8. The van der Waals surface area contributed by atoms with Crippen molar-refractivity contribution in [2.24, 2.45) is 16.7 Å². The highest BCUT2D eigenvalue weighted by atomic mass is 31.1. The van der Waals surface area contributed by atoms with E-state index in [1.807, 2.05) is 0 Å². The van der Waals surface area contributed by atoms with Gasteiger partial charge in [0.1, 0.15) is 0 Å². The Bertz CT molecular complexity index is 192. The molecule has 0 saturated heterocycles. The van der Waals surface area contributed by atoms with Crippen molar-refractivity contribution in [3.63, 3.8) is 0 Å². The van der Waals surface area contributed by atoms with E-state index in [-0.39, 0.29) is 0 Å². The number of rotatable bonds is 6. The Morgan fingerprint density at radius 1 is 1.06 bits per heavy atom. The van der Waals surface area contributed by atoms with Crippen LogP contribution in [-0.4, -0.2) is 12.3 Å². The van der Waals surface area contributed by atoms with E-state index < -0.39 is 0 Å². The van der Waals surface area contributed by atoms with Gasteiger partial charge in [0.05, 0.1) is 0 Å². The van der Waals surface area contributed by atoms with Crippen LogP contribution in [-0.2, 0) is 0 Å². The second-order valence-corrected chi connectivity index (χ2v) is 8.22. The van der Waals surface area contributed by atoms with Crippen molar-refractivity contribution in [3.05, 3.63) is 0 Å². The molecule has 0 N–H and O–H groups in total. The van der Waals surface area contributed by atoms with E-state index in [0.29, 0.717) is 10.8 Å². The summed E-state index contributed by atoms with van der Waals surface area (Å²) in [6.45, 7) is 19.3. The Hall–Kier alpha value is 0.430. The quantitative estimate of drug-likeness (QED) is 0.536. The van der Waals surface area contributed by atoms with Crippen LogP contribution in [0.25, 0.3) is 0 Å². The van der Waals surface area contributed by atoms with Crippen LogP contribution in [0.5, 0.6) is 0 Å². The molecule has 98 valence electrons. The highest BCUT2D eigenvalue weighted by Gasteiger charge is 2.41. The van der Waals surface area contributed by atoms with Crippen LogP contribution >= 0.6 is 8.58 Å². The first-order valence-electron chi connectivity index (χ1n) is 6.86. The summed E-state index contributed by atoms with van der Waals surface area (Å²) in [7, 11) is 1.06. The fourth-order valence-corrected chi connectivity index (χ4v) is 3.96. The smallest absolute Gasteiger partial charge is 0.0208 e. The first kappa shape index (κ1) is 16.4. The maximum atomic E-state index is 2.51. The first-order valence-corrected chi connectivity index (χ1v) is 8.44. The normalized spacial score (nSPS) is 21.0. The average Bonchev–Trinajstić information content (AvgIpc) is 2.14. The molecular formula is C15H33P. The molecular weight excluding hydrogens is 211 g/mol. The Morgan fingerprint density at radius 2 is 1.56 bits per heavy atom. The fourth-order valence-electron chi connectivity index (χ4n) is 2.77. The van der Waals surface area contributed by atoms with Crippen LogP contribution in [0.2, 0.25) is 0 Å². The minimum absolute atomic E-state index is 0.414. The van der Waals surface area contributed by atoms with E-state index >= 15 is 0 Å². The van der Waals surface area contributed by atoms with Gasteiger partial charge in [-0.05, 0) is 35.5 Å². The van der Waals surface area contributed by atoms with Gasteiger partial charge in [0.25, 0.3) is 0 Å². The van der Waals surface area contributed by atoms with Crippen LogP contribution in [0.4, 0.5) is 0 Å². The Morgan fingerprint density at radius 3 is 1.88 bits per heavy atom. The van der Waals surface area contributed by atoms with Gasteiger partial charge in [-0.1, -0.05) is 61.3 Å². The summed E-state index contributed by atoms with van der Waals surface area (Å²) in [5.41, 5.74) is 1.73. The summed E-state index contributed by atoms with van der Waals surface area (Å²) in [6, 6.07) is 0. The van der Waals surface area contributed by atoms with Crippen molar-refractivity contribution in [2.75, 3.05) is 6.66 Å². The molecule has 0 saturated carbocycles. The van der Waals surface area contributed by atoms with E-state index in [1.54, 1.807) is 0 Å². The van der Waals surface area contributed by atoms with Crippen molar-refractivity contribution >= 4 is 8.58 Å². The molecule has 0 rings (SSSR count). The molecule has 0 amide bonds. The van der Waals surface area contributed by atoms with Gasteiger partial charge in [0, 0.05) is 0 Å². The predicted octanol–water partition coefficient (Wildman–Crippen LogP) is 5.56. The average molecular weight is 244 g/mol. The van der Waals surface area contributed by atoms with Gasteiger partial charge >= 0.3 is 0 Å². The van der Waals surface area contributed by atoms with Gasteiger partial charge in [0.2, 0.25) is 0 Å². The van der Waals surface area contributed by atoms with Crippen molar-refractivity contribution in [1.29, 1.82) is 0 Å². The first-order chi connectivity index (χ1) is 7.19. The molecule has 0 fully saturated rings. The largest absolute Gasteiger partial charge is 0.122 e. The summed E-state index contributed by atoms with van der Waals surface area (Å²) in [5, 5.41) is 0. The lowest BCUT2D eigenvalue weighted by Crippen LogP contribution is -2.41. The monoisotopic (exact) mass is 244 g/mol. The lowest BCUT2D eigenvalue weighted by Gasteiger charge is -2.48. The molecule has 0 aromatic carbocycles. The van der Waals surface area contributed by atoms with Crippen LogP contribution in [0.1, 0.15) is 67.7 Å². The highest BCUT2D eigenvalue weighted by molar-refractivity contribution is 7.37. The molecule has 0 aromatic heterocycles. The molecule has 0 aliphatic heterocycles. The van der Waals surface area contributed by atoms with E-state index in [4.69, 9.17) is 0 Å². The van der Waals surface area contributed by atoms with Crippen molar-refractivity contribution in [2.45, 2.75) is 73.4 Å². The standard InChI is InChI=1S/C15H33P/c1-9-10-12(2)11-15(7,13(3)16-8)14(4,5)6/h12-13,16H,9-11H2,1-8H3.